The molecule has 0 spiro atoms. The fourth-order valence-corrected chi connectivity index (χ4v) is 5.15. The summed E-state index contributed by atoms with van der Waals surface area (Å²) in [6.07, 6.45) is 4.11. The van der Waals surface area contributed by atoms with Crippen LogP contribution >= 0.6 is 0 Å². The molecule has 6 nitrogen and oxygen atoms in total. The van der Waals surface area contributed by atoms with E-state index in [0.29, 0.717) is 17.9 Å². The third kappa shape index (κ3) is 4.25. The standard InChI is InChI=1S/C25H27N5O/c1-17-28-23(12-24(29-17)25-6-3-9-31-25)22-16-30-8-7-20(22)11-21(30)15-27-14-19-5-2-4-18(10-19)13-26/h2-6,9-10,12,20-22,27H,7-8,11,14-16H2,1H3. The molecule has 158 valence electrons. The first-order valence-corrected chi connectivity index (χ1v) is 11.0. The number of furan rings is 1. The van der Waals surface area contributed by atoms with Crippen molar-refractivity contribution in [3.8, 4) is 17.5 Å². The van der Waals surface area contributed by atoms with Gasteiger partial charge in [0.15, 0.2) is 5.76 Å². The van der Waals surface area contributed by atoms with Crippen LogP contribution in [-0.4, -0.2) is 40.5 Å². The second kappa shape index (κ2) is 8.62. The summed E-state index contributed by atoms with van der Waals surface area (Å²) in [7, 11) is 0. The van der Waals surface area contributed by atoms with Gasteiger partial charge in [0.25, 0.3) is 0 Å². The lowest BCUT2D eigenvalue weighted by molar-refractivity contribution is 0.0292. The molecule has 1 aromatic carbocycles. The highest BCUT2D eigenvalue weighted by atomic mass is 16.3. The van der Waals surface area contributed by atoms with Crippen LogP contribution in [0, 0.1) is 24.2 Å². The van der Waals surface area contributed by atoms with Gasteiger partial charge in [-0.05, 0) is 68.1 Å². The minimum atomic E-state index is 0.452. The molecule has 1 N–H and O–H groups in total. The van der Waals surface area contributed by atoms with Crippen molar-refractivity contribution in [2.45, 2.75) is 38.3 Å². The molecule has 0 amide bonds. The lowest BCUT2D eigenvalue weighted by atomic mass is 9.74. The fourth-order valence-electron chi connectivity index (χ4n) is 5.15. The van der Waals surface area contributed by atoms with Crippen LogP contribution in [0.2, 0.25) is 0 Å². The highest BCUT2D eigenvalue weighted by molar-refractivity contribution is 5.52. The van der Waals surface area contributed by atoms with Crippen LogP contribution in [0.1, 0.15) is 41.4 Å². The topological polar surface area (TPSA) is 78.0 Å². The molecule has 3 saturated heterocycles. The summed E-state index contributed by atoms with van der Waals surface area (Å²) in [6.45, 7) is 5.94. The average Bonchev–Trinajstić information content (AvgIpc) is 3.34. The zero-order valence-electron chi connectivity index (χ0n) is 17.8. The molecule has 4 unspecified atom stereocenters. The van der Waals surface area contributed by atoms with Gasteiger partial charge < -0.3 is 9.73 Å². The summed E-state index contributed by atoms with van der Waals surface area (Å²) in [6, 6.07) is 16.6. The Morgan fingerprint density at radius 3 is 2.94 bits per heavy atom. The Morgan fingerprint density at radius 1 is 1.23 bits per heavy atom. The van der Waals surface area contributed by atoms with Crippen LogP contribution in [-0.2, 0) is 6.54 Å². The van der Waals surface area contributed by atoms with E-state index in [0.717, 1.165) is 60.3 Å². The molecule has 0 aliphatic carbocycles. The molecule has 31 heavy (non-hydrogen) atoms. The van der Waals surface area contributed by atoms with Crippen molar-refractivity contribution in [3.05, 3.63) is 71.4 Å². The Hall–Kier alpha value is -3.01. The molecule has 0 radical (unpaired) electrons. The summed E-state index contributed by atoms with van der Waals surface area (Å²) >= 11 is 0. The van der Waals surface area contributed by atoms with E-state index in [1.807, 2.05) is 37.3 Å². The zero-order chi connectivity index (χ0) is 21.2. The summed E-state index contributed by atoms with van der Waals surface area (Å²) in [5, 5.41) is 12.7. The van der Waals surface area contributed by atoms with Gasteiger partial charge in [-0.15, -0.1) is 0 Å². The van der Waals surface area contributed by atoms with E-state index in [2.05, 4.69) is 33.4 Å². The number of rotatable bonds is 6. The van der Waals surface area contributed by atoms with Crippen molar-refractivity contribution < 1.29 is 4.42 Å². The molecular formula is C25H27N5O. The van der Waals surface area contributed by atoms with Gasteiger partial charge in [0.05, 0.1) is 17.9 Å². The van der Waals surface area contributed by atoms with Gasteiger partial charge in [-0.2, -0.15) is 5.26 Å². The molecular weight excluding hydrogens is 386 g/mol. The number of aromatic nitrogens is 2. The molecule has 2 bridgehead atoms. The van der Waals surface area contributed by atoms with Crippen molar-refractivity contribution >= 4 is 0 Å². The number of fused-ring (bicyclic) bond motifs is 3. The Balaban J connectivity index is 1.24. The summed E-state index contributed by atoms with van der Waals surface area (Å²) in [4.78, 5) is 12.0. The lowest BCUT2D eigenvalue weighted by Crippen LogP contribution is -2.55. The highest BCUT2D eigenvalue weighted by Gasteiger charge is 2.41. The first-order chi connectivity index (χ1) is 15.2. The normalized spacial score (nSPS) is 24.8. The van der Waals surface area contributed by atoms with Crippen molar-refractivity contribution in [2.75, 3.05) is 19.6 Å². The minimum absolute atomic E-state index is 0.452. The van der Waals surface area contributed by atoms with E-state index < -0.39 is 0 Å². The van der Waals surface area contributed by atoms with Gasteiger partial charge in [-0.1, -0.05) is 12.1 Å². The molecule has 6 heteroatoms. The van der Waals surface area contributed by atoms with E-state index >= 15 is 0 Å². The van der Waals surface area contributed by atoms with E-state index in [4.69, 9.17) is 14.7 Å². The molecule has 3 aromatic rings. The van der Waals surface area contributed by atoms with Gasteiger partial charge in [-0.25, -0.2) is 9.97 Å². The summed E-state index contributed by atoms with van der Waals surface area (Å²) < 4.78 is 5.56. The fraction of sp³-hybridized carbons (Fsp3) is 0.400. The van der Waals surface area contributed by atoms with Crippen molar-refractivity contribution in [1.82, 2.24) is 20.2 Å². The SMILES string of the molecule is Cc1nc(-c2ccco2)cc(C2CN3CCC2CC3CNCc2cccc(C#N)c2)n1. The maximum atomic E-state index is 9.08. The van der Waals surface area contributed by atoms with Crippen molar-refractivity contribution in [1.29, 1.82) is 5.26 Å². The first kappa shape index (κ1) is 19.9. The Kier molecular flexibility index (Phi) is 5.54. The number of hydrogen-bond donors (Lipinski definition) is 1. The molecule has 3 fully saturated rings. The number of nitrogens with zero attached hydrogens (tertiary/aromatic N) is 4. The van der Waals surface area contributed by atoms with Crippen molar-refractivity contribution in [2.24, 2.45) is 5.92 Å². The number of hydrogen-bond acceptors (Lipinski definition) is 6. The molecule has 3 aliphatic rings. The second-order valence-electron chi connectivity index (χ2n) is 8.69. The molecule has 0 saturated carbocycles. The number of benzene rings is 1. The van der Waals surface area contributed by atoms with Gasteiger partial charge in [0, 0.05) is 37.3 Å². The third-order valence-electron chi connectivity index (χ3n) is 6.66. The van der Waals surface area contributed by atoms with E-state index in [9.17, 15) is 0 Å². The predicted octanol–water partition coefficient (Wildman–Crippen LogP) is 3.88. The smallest absolute Gasteiger partial charge is 0.152 e. The Labute approximate surface area is 182 Å². The zero-order valence-corrected chi connectivity index (χ0v) is 17.8. The van der Waals surface area contributed by atoms with Crippen LogP contribution in [0.25, 0.3) is 11.5 Å². The second-order valence-corrected chi connectivity index (χ2v) is 8.69. The molecule has 6 rings (SSSR count). The van der Waals surface area contributed by atoms with Gasteiger partial charge >= 0.3 is 0 Å². The molecule has 5 heterocycles. The maximum Gasteiger partial charge on any atom is 0.152 e. The Morgan fingerprint density at radius 2 is 2.16 bits per heavy atom. The minimum Gasteiger partial charge on any atom is -0.463 e. The van der Waals surface area contributed by atoms with Crippen LogP contribution in [0.3, 0.4) is 0 Å². The largest absolute Gasteiger partial charge is 0.463 e. The number of nitrogens with one attached hydrogen (secondary N) is 1. The van der Waals surface area contributed by atoms with Crippen LogP contribution < -0.4 is 5.32 Å². The number of aryl methyl sites for hydroxylation is 1. The summed E-state index contributed by atoms with van der Waals surface area (Å²) in [5.41, 5.74) is 3.90. The maximum absolute atomic E-state index is 9.08. The van der Waals surface area contributed by atoms with E-state index in [-0.39, 0.29) is 0 Å². The van der Waals surface area contributed by atoms with Crippen LogP contribution in [0.15, 0.2) is 53.1 Å². The quantitative estimate of drug-likeness (QED) is 0.661. The van der Waals surface area contributed by atoms with Crippen molar-refractivity contribution in [3.63, 3.8) is 0 Å². The molecule has 4 atom stereocenters. The monoisotopic (exact) mass is 413 g/mol. The molecule has 3 aliphatic heterocycles. The third-order valence-corrected chi connectivity index (χ3v) is 6.66. The molecule has 2 aromatic heterocycles. The Bertz CT molecular complexity index is 1090. The van der Waals surface area contributed by atoms with Gasteiger partial charge in [-0.3, -0.25) is 4.90 Å². The number of piperidine rings is 3. The summed E-state index contributed by atoms with van der Waals surface area (Å²) in [5.74, 6) is 2.71. The van der Waals surface area contributed by atoms with Gasteiger partial charge in [0.1, 0.15) is 11.5 Å². The highest BCUT2D eigenvalue weighted by Crippen LogP contribution is 2.41. The lowest BCUT2D eigenvalue weighted by Gasteiger charge is -2.50. The number of nitriles is 1. The van der Waals surface area contributed by atoms with E-state index in [1.165, 1.54) is 12.8 Å². The van der Waals surface area contributed by atoms with Crippen LogP contribution in [0.4, 0.5) is 0 Å². The average molecular weight is 414 g/mol. The van der Waals surface area contributed by atoms with Gasteiger partial charge in [0.2, 0.25) is 0 Å². The van der Waals surface area contributed by atoms with Crippen LogP contribution in [0.5, 0.6) is 0 Å². The first-order valence-electron chi connectivity index (χ1n) is 11.0. The van der Waals surface area contributed by atoms with E-state index in [1.54, 1.807) is 6.26 Å². The predicted molar refractivity (Wildman–Crippen MR) is 118 cm³/mol.